The molecule has 0 aliphatic rings. The Morgan fingerprint density at radius 2 is 1.81 bits per heavy atom. The molecule has 0 radical (unpaired) electrons. The van der Waals surface area contributed by atoms with E-state index in [-0.39, 0.29) is 11.1 Å². The number of hydrogen-bond acceptors (Lipinski definition) is 3. The second-order valence-corrected chi connectivity index (χ2v) is 5.17. The van der Waals surface area contributed by atoms with Gasteiger partial charge in [-0.3, -0.25) is 4.18 Å². The van der Waals surface area contributed by atoms with Gasteiger partial charge in [0.05, 0.1) is 6.26 Å². The molecule has 16 heavy (non-hydrogen) atoms. The third-order valence-electron chi connectivity index (χ3n) is 2.04. The molecule has 0 fully saturated rings. The maximum Gasteiger partial charge on any atom is 0.264 e. The molecule has 3 nitrogen and oxygen atoms in total. The lowest BCUT2D eigenvalue weighted by atomic mass is 10.1. The highest BCUT2D eigenvalue weighted by Gasteiger charge is 2.18. The number of halogens is 2. The molecule has 0 N–H and O–H groups in total. The lowest BCUT2D eigenvalue weighted by Gasteiger charge is -2.13. The van der Waals surface area contributed by atoms with Crippen molar-refractivity contribution < 1.29 is 21.4 Å². The zero-order valence-electron chi connectivity index (χ0n) is 9.12. The van der Waals surface area contributed by atoms with Gasteiger partial charge in [-0.15, -0.1) is 0 Å². The van der Waals surface area contributed by atoms with Gasteiger partial charge >= 0.3 is 0 Å². The summed E-state index contributed by atoms with van der Waals surface area (Å²) in [4.78, 5) is 0. The molecule has 1 rings (SSSR count). The zero-order chi connectivity index (χ0) is 12.5. The first-order valence-electron chi connectivity index (χ1n) is 4.54. The summed E-state index contributed by atoms with van der Waals surface area (Å²) in [5, 5.41) is 0. The standard InChI is InChI=1S/C10H12F2O3S/c1-6-4-10(12)8(5-9(6)11)7(2)15-16(3,13)14/h4-5,7H,1-3H3. The van der Waals surface area contributed by atoms with E-state index in [0.717, 1.165) is 18.4 Å². The van der Waals surface area contributed by atoms with Gasteiger partial charge in [-0.1, -0.05) is 0 Å². The molecule has 1 atom stereocenters. The van der Waals surface area contributed by atoms with Gasteiger partial charge in [-0.25, -0.2) is 8.78 Å². The fraction of sp³-hybridized carbons (Fsp3) is 0.400. The Bertz CT molecular complexity index is 497. The van der Waals surface area contributed by atoms with Gasteiger partial charge in [-0.2, -0.15) is 8.42 Å². The van der Waals surface area contributed by atoms with Crippen molar-refractivity contribution in [2.45, 2.75) is 20.0 Å². The minimum atomic E-state index is -3.70. The van der Waals surface area contributed by atoms with Gasteiger partial charge in [0.25, 0.3) is 10.1 Å². The smallest absolute Gasteiger partial charge is 0.262 e. The van der Waals surface area contributed by atoms with Crippen LogP contribution in [0.2, 0.25) is 0 Å². The van der Waals surface area contributed by atoms with Crippen molar-refractivity contribution in [3.05, 3.63) is 34.9 Å². The second-order valence-electron chi connectivity index (χ2n) is 3.57. The molecular weight excluding hydrogens is 238 g/mol. The summed E-state index contributed by atoms with van der Waals surface area (Å²) in [5.41, 5.74) is 0.0429. The van der Waals surface area contributed by atoms with E-state index in [1.165, 1.54) is 13.8 Å². The molecular formula is C10H12F2O3S. The van der Waals surface area contributed by atoms with Gasteiger partial charge in [0.15, 0.2) is 0 Å². The SMILES string of the molecule is Cc1cc(F)c(C(C)OS(C)(=O)=O)cc1F. The van der Waals surface area contributed by atoms with Gasteiger partial charge < -0.3 is 0 Å². The summed E-state index contributed by atoms with van der Waals surface area (Å²) >= 11 is 0. The Labute approximate surface area is 93.2 Å². The summed E-state index contributed by atoms with van der Waals surface area (Å²) < 4.78 is 52.8. The maximum atomic E-state index is 13.4. The summed E-state index contributed by atoms with van der Waals surface area (Å²) in [6.07, 6.45) is -0.198. The monoisotopic (exact) mass is 250 g/mol. The molecule has 0 saturated heterocycles. The van der Waals surface area contributed by atoms with Gasteiger partial charge in [0.1, 0.15) is 17.7 Å². The third-order valence-corrected chi connectivity index (χ3v) is 2.67. The Morgan fingerprint density at radius 3 is 2.31 bits per heavy atom. The van der Waals surface area contributed by atoms with Crippen molar-refractivity contribution >= 4 is 10.1 Å². The van der Waals surface area contributed by atoms with E-state index in [2.05, 4.69) is 4.18 Å². The van der Waals surface area contributed by atoms with Crippen LogP contribution in [0.3, 0.4) is 0 Å². The molecule has 0 aromatic heterocycles. The first kappa shape index (κ1) is 13.1. The highest BCUT2D eigenvalue weighted by atomic mass is 32.2. The fourth-order valence-electron chi connectivity index (χ4n) is 1.29. The van der Waals surface area contributed by atoms with Crippen LogP contribution in [0.5, 0.6) is 0 Å². The van der Waals surface area contributed by atoms with Crippen molar-refractivity contribution in [3.63, 3.8) is 0 Å². The molecule has 0 heterocycles. The fourth-order valence-corrected chi connectivity index (χ4v) is 1.92. The van der Waals surface area contributed by atoms with Crippen LogP contribution < -0.4 is 0 Å². The van der Waals surface area contributed by atoms with Crippen LogP contribution >= 0.6 is 0 Å². The highest BCUT2D eigenvalue weighted by molar-refractivity contribution is 7.86. The predicted octanol–water partition coefficient (Wildman–Crippen LogP) is 2.31. The second kappa shape index (κ2) is 4.47. The Hall–Kier alpha value is -1.01. The summed E-state index contributed by atoms with van der Waals surface area (Å²) in [6, 6.07) is 1.95. The Morgan fingerprint density at radius 1 is 1.25 bits per heavy atom. The van der Waals surface area contributed by atoms with E-state index >= 15 is 0 Å². The highest BCUT2D eigenvalue weighted by Crippen LogP contribution is 2.24. The average molecular weight is 250 g/mol. The third kappa shape index (κ3) is 3.24. The van der Waals surface area contributed by atoms with Gasteiger partial charge in [-0.05, 0) is 31.5 Å². The number of hydrogen-bond donors (Lipinski definition) is 0. The zero-order valence-corrected chi connectivity index (χ0v) is 9.94. The van der Waals surface area contributed by atoms with E-state index < -0.39 is 27.9 Å². The Kier molecular flexibility index (Phi) is 3.64. The summed E-state index contributed by atoms with van der Waals surface area (Å²) in [7, 11) is -3.70. The van der Waals surface area contributed by atoms with Crippen LogP contribution in [0.15, 0.2) is 12.1 Å². The number of aryl methyl sites for hydroxylation is 1. The largest absolute Gasteiger partial charge is 0.264 e. The van der Waals surface area contributed by atoms with Gasteiger partial charge in [0.2, 0.25) is 0 Å². The molecule has 0 aliphatic heterocycles. The molecule has 0 spiro atoms. The lowest BCUT2D eigenvalue weighted by molar-refractivity contribution is 0.230. The average Bonchev–Trinajstić information content (AvgIpc) is 2.08. The van der Waals surface area contributed by atoms with Crippen LogP contribution in [0.1, 0.15) is 24.2 Å². The number of benzene rings is 1. The summed E-state index contributed by atoms with van der Waals surface area (Å²) in [6.45, 7) is 2.76. The topological polar surface area (TPSA) is 43.4 Å². The van der Waals surface area contributed by atoms with E-state index in [0.29, 0.717) is 0 Å². The van der Waals surface area contributed by atoms with Gasteiger partial charge in [0, 0.05) is 5.56 Å². The van der Waals surface area contributed by atoms with Crippen LogP contribution in [-0.4, -0.2) is 14.7 Å². The van der Waals surface area contributed by atoms with Crippen molar-refractivity contribution in [1.82, 2.24) is 0 Å². The normalized spacial score (nSPS) is 13.8. The Balaban J connectivity index is 3.09. The van der Waals surface area contributed by atoms with Crippen LogP contribution in [0.4, 0.5) is 8.78 Å². The molecule has 1 aromatic rings. The molecule has 0 saturated carbocycles. The predicted molar refractivity (Wildman–Crippen MR) is 55.4 cm³/mol. The van der Waals surface area contributed by atoms with E-state index in [9.17, 15) is 17.2 Å². The molecule has 1 unspecified atom stereocenters. The van der Waals surface area contributed by atoms with E-state index in [1.54, 1.807) is 0 Å². The van der Waals surface area contributed by atoms with Crippen LogP contribution in [0.25, 0.3) is 0 Å². The van der Waals surface area contributed by atoms with Crippen LogP contribution in [0, 0.1) is 18.6 Å². The van der Waals surface area contributed by atoms with Crippen molar-refractivity contribution in [3.8, 4) is 0 Å². The van der Waals surface area contributed by atoms with E-state index in [4.69, 9.17) is 0 Å². The molecule has 90 valence electrons. The molecule has 0 amide bonds. The maximum absolute atomic E-state index is 13.4. The first-order valence-corrected chi connectivity index (χ1v) is 6.36. The van der Waals surface area contributed by atoms with Crippen molar-refractivity contribution in [2.24, 2.45) is 0 Å². The first-order chi connectivity index (χ1) is 7.20. The molecule has 0 aliphatic carbocycles. The number of rotatable bonds is 3. The van der Waals surface area contributed by atoms with Crippen molar-refractivity contribution in [2.75, 3.05) is 6.26 Å². The van der Waals surface area contributed by atoms with E-state index in [1.807, 2.05) is 0 Å². The molecule has 1 aromatic carbocycles. The minimum absolute atomic E-state index is 0.117. The molecule has 0 bridgehead atoms. The molecule has 6 heteroatoms. The van der Waals surface area contributed by atoms with Crippen molar-refractivity contribution in [1.29, 1.82) is 0 Å². The minimum Gasteiger partial charge on any atom is -0.262 e. The summed E-state index contributed by atoms with van der Waals surface area (Å²) in [5.74, 6) is -1.28. The lowest BCUT2D eigenvalue weighted by Crippen LogP contribution is -2.09. The quantitative estimate of drug-likeness (QED) is 0.773. The van der Waals surface area contributed by atoms with Crippen LogP contribution in [-0.2, 0) is 14.3 Å².